The first-order valence-electron chi connectivity index (χ1n) is 10.3. The number of likely N-dealkylation sites (N-methyl/N-ethyl adjacent to an activating group) is 1. The highest BCUT2D eigenvalue weighted by Gasteiger charge is 2.25. The highest BCUT2D eigenvalue weighted by atomic mass is 16.5. The van der Waals surface area contributed by atoms with E-state index in [-0.39, 0.29) is 11.8 Å². The van der Waals surface area contributed by atoms with Gasteiger partial charge >= 0.3 is 0 Å². The predicted octanol–water partition coefficient (Wildman–Crippen LogP) is 4.28. The maximum atomic E-state index is 12.5. The molecule has 1 N–H and O–H groups in total. The summed E-state index contributed by atoms with van der Waals surface area (Å²) >= 11 is 0. The number of carbonyl (C=O) groups is 1. The molecule has 0 saturated heterocycles. The largest absolute Gasteiger partial charge is 0.350 e. The van der Waals surface area contributed by atoms with Gasteiger partial charge in [0.05, 0.1) is 0 Å². The Labute approximate surface area is 165 Å². The molecule has 0 atom stereocenters. The van der Waals surface area contributed by atoms with Crippen molar-refractivity contribution in [2.24, 2.45) is 5.92 Å². The van der Waals surface area contributed by atoms with Crippen LogP contribution in [0.25, 0.3) is 22.5 Å². The van der Waals surface area contributed by atoms with E-state index < -0.39 is 0 Å². The Morgan fingerprint density at radius 2 is 2.11 bits per heavy atom. The van der Waals surface area contributed by atoms with E-state index in [4.69, 9.17) is 4.52 Å². The zero-order chi connectivity index (χ0) is 19.7. The molecule has 2 aromatic heterocycles. The molecular formula is C22H28N4O2. The third-order valence-electron chi connectivity index (χ3n) is 5.85. The van der Waals surface area contributed by atoms with Crippen LogP contribution in [-0.4, -0.2) is 39.5 Å². The normalized spacial score (nSPS) is 14.8. The van der Waals surface area contributed by atoms with Crippen LogP contribution >= 0.6 is 0 Å². The Bertz CT molecular complexity index is 982. The van der Waals surface area contributed by atoms with Crippen molar-refractivity contribution in [3.05, 3.63) is 35.2 Å². The number of H-pyrrole nitrogens is 1. The third kappa shape index (κ3) is 3.55. The highest BCUT2D eigenvalue weighted by molar-refractivity contribution is 5.90. The maximum Gasteiger partial charge on any atom is 0.274 e. The molecule has 1 amide bonds. The van der Waals surface area contributed by atoms with Crippen LogP contribution in [0.2, 0.25) is 0 Å². The number of amides is 1. The van der Waals surface area contributed by atoms with Crippen molar-refractivity contribution >= 4 is 16.8 Å². The molecule has 1 aliphatic carbocycles. The highest BCUT2D eigenvalue weighted by Crippen LogP contribution is 2.30. The predicted molar refractivity (Wildman–Crippen MR) is 109 cm³/mol. The van der Waals surface area contributed by atoms with Crippen LogP contribution in [-0.2, 0) is 17.6 Å². The van der Waals surface area contributed by atoms with Gasteiger partial charge < -0.3 is 14.4 Å². The summed E-state index contributed by atoms with van der Waals surface area (Å²) in [6.45, 7) is 4.84. The average molecular weight is 380 g/mol. The number of nitrogens with zero attached hydrogens (tertiary/aromatic N) is 3. The van der Waals surface area contributed by atoms with Crippen molar-refractivity contribution in [2.75, 3.05) is 13.6 Å². The monoisotopic (exact) mass is 380 g/mol. The summed E-state index contributed by atoms with van der Waals surface area (Å²) in [7, 11) is 1.87. The maximum absolute atomic E-state index is 12.5. The molecule has 148 valence electrons. The second-order valence-corrected chi connectivity index (χ2v) is 7.89. The average Bonchev–Trinajstić information content (AvgIpc) is 3.44. The van der Waals surface area contributed by atoms with E-state index in [1.165, 1.54) is 29.4 Å². The van der Waals surface area contributed by atoms with Gasteiger partial charge in [0.15, 0.2) is 5.82 Å². The Kier molecular flexibility index (Phi) is 5.20. The summed E-state index contributed by atoms with van der Waals surface area (Å²) < 4.78 is 5.55. The van der Waals surface area contributed by atoms with Crippen LogP contribution in [0.4, 0.5) is 0 Å². The molecule has 6 nitrogen and oxygen atoms in total. The molecule has 0 unspecified atom stereocenters. The lowest BCUT2D eigenvalue weighted by Gasteiger charge is -2.20. The number of benzene rings is 1. The van der Waals surface area contributed by atoms with Crippen LogP contribution in [0, 0.1) is 12.8 Å². The topological polar surface area (TPSA) is 75.0 Å². The molecule has 1 aromatic carbocycles. The summed E-state index contributed by atoms with van der Waals surface area (Å²) in [5, 5.41) is 5.35. The van der Waals surface area contributed by atoms with Crippen molar-refractivity contribution in [3.63, 3.8) is 0 Å². The van der Waals surface area contributed by atoms with Crippen molar-refractivity contribution in [1.82, 2.24) is 20.0 Å². The lowest BCUT2D eigenvalue weighted by atomic mass is 10.1. The van der Waals surface area contributed by atoms with E-state index in [1.807, 2.05) is 11.9 Å². The van der Waals surface area contributed by atoms with E-state index in [2.05, 4.69) is 47.2 Å². The number of rotatable bonds is 6. The Hall–Kier alpha value is -2.63. The summed E-state index contributed by atoms with van der Waals surface area (Å²) in [4.78, 5) is 22.3. The number of fused-ring (bicyclic) bond motifs is 1. The van der Waals surface area contributed by atoms with Gasteiger partial charge in [-0.25, -0.2) is 0 Å². The minimum atomic E-state index is 0.202. The molecule has 3 aromatic rings. The van der Waals surface area contributed by atoms with E-state index in [0.717, 1.165) is 30.5 Å². The van der Waals surface area contributed by atoms with Gasteiger partial charge in [-0.3, -0.25) is 4.79 Å². The number of carbonyl (C=O) groups excluding carboxylic acids is 1. The van der Waals surface area contributed by atoms with E-state index in [9.17, 15) is 4.79 Å². The summed E-state index contributed by atoms with van der Waals surface area (Å²) in [5.74, 6) is 1.61. The van der Waals surface area contributed by atoms with Gasteiger partial charge in [0.2, 0.25) is 5.91 Å². The number of aromatic amines is 1. The molecule has 1 fully saturated rings. The summed E-state index contributed by atoms with van der Waals surface area (Å²) in [5.41, 5.74) is 4.41. The van der Waals surface area contributed by atoms with Gasteiger partial charge in [0.1, 0.15) is 5.69 Å². The molecule has 0 bridgehead atoms. The summed E-state index contributed by atoms with van der Waals surface area (Å²) in [6, 6.07) is 6.38. The minimum absolute atomic E-state index is 0.202. The fourth-order valence-electron chi connectivity index (χ4n) is 4.23. The van der Waals surface area contributed by atoms with Gasteiger partial charge in [-0.1, -0.05) is 36.6 Å². The van der Waals surface area contributed by atoms with Gasteiger partial charge in [-0.05, 0) is 43.9 Å². The second kappa shape index (κ2) is 7.78. The van der Waals surface area contributed by atoms with Crippen molar-refractivity contribution < 1.29 is 9.32 Å². The lowest BCUT2D eigenvalue weighted by molar-refractivity contribution is -0.133. The first-order chi connectivity index (χ1) is 13.6. The van der Waals surface area contributed by atoms with E-state index >= 15 is 0 Å². The number of aryl methyl sites for hydroxylation is 2. The van der Waals surface area contributed by atoms with Gasteiger partial charge in [-0.2, -0.15) is 4.98 Å². The van der Waals surface area contributed by atoms with Crippen molar-refractivity contribution in [3.8, 4) is 11.6 Å². The Morgan fingerprint density at radius 3 is 2.86 bits per heavy atom. The quantitative estimate of drug-likeness (QED) is 0.692. The zero-order valence-corrected chi connectivity index (χ0v) is 16.9. The smallest absolute Gasteiger partial charge is 0.274 e. The van der Waals surface area contributed by atoms with Crippen LogP contribution in [0.15, 0.2) is 22.7 Å². The minimum Gasteiger partial charge on any atom is -0.350 e. The molecule has 0 spiro atoms. The van der Waals surface area contributed by atoms with E-state index in [1.54, 1.807) is 0 Å². The van der Waals surface area contributed by atoms with Crippen LogP contribution in [0.1, 0.15) is 49.6 Å². The lowest BCUT2D eigenvalue weighted by Crippen LogP contribution is -2.33. The molecule has 28 heavy (non-hydrogen) atoms. The van der Waals surface area contributed by atoms with Crippen LogP contribution in [0.3, 0.4) is 0 Å². The molecule has 6 heteroatoms. The molecule has 1 aliphatic rings. The first-order valence-corrected chi connectivity index (χ1v) is 10.3. The Balaban J connectivity index is 1.48. The number of hydrogen-bond donors (Lipinski definition) is 1. The third-order valence-corrected chi connectivity index (χ3v) is 5.85. The molecule has 2 heterocycles. The molecule has 1 saturated carbocycles. The standard InChI is InChI=1S/C22H28N4O2/c1-4-16-17-13-14(2)9-10-18(17)23-20(16)21-24-19(25-28-21)11-12-26(3)22(27)15-7-5-6-8-15/h9-10,13,15,23H,4-8,11-12H2,1-3H3. The van der Waals surface area contributed by atoms with Crippen molar-refractivity contribution in [1.29, 1.82) is 0 Å². The van der Waals surface area contributed by atoms with Crippen LogP contribution < -0.4 is 0 Å². The fourth-order valence-corrected chi connectivity index (χ4v) is 4.23. The molecular weight excluding hydrogens is 352 g/mol. The van der Waals surface area contributed by atoms with Crippen molar-refractivity contribution in [2.45, 2.75) is 52.4 Å². The van der Waals surface area contributed by atoms with E-state index in [0.29, 0.717) is 24.7 Å². The van der Waals surface area contributed by atoms with Gasteiger partial charge in [0.25, 0.3) is 5.89 Å². The number of hydrogen-bond acceptors (Lipinski definition) is 4. The second-order valence-electron chi connectivity index (χ2n) is 7.89. The Morgan fingerprint density at radius 1 is 1.32 bits per heavy atom. The number of nitrogens with one attached hydrogen (secondary N) is 1. The van der Waals surface area contributed by atoms with Gasteiger partial charge in [0, 0.05) is 36.8 Å². The SMILES string of the molecule is CCc1c(-c2nc(CCN(C)C(=O)C3CCCC3)no2)[nH]c2ccc(C)cc12. The fraction of sp³-hybridized carbons (Fsp3) is 0.500. The molecule has 4 rings (SSSR count). The molecule has 0 radical (unpaired) electrons. The van der Waals surface area contributed by atoms with Gasteiger partial charge in [-0.15, -0.1) is 0 Å². The van der Waals surface area contributed by atoms with Crippen LogP contribution in [0.5, 0.6) is 0 Å². The zero-order valence-electron chi connectivity index (χ0n) is 16.9. The number of aromatic nitrogens is 3. The first kappa shape index (κ1) is 18.7. The summed E-state index contributed by atoms with van der Waals surface area (Å²) in [6.07, 6.45) is 5.86. The molecule has 0 aliphatic heterocycles.